The van der Waals surface area contributed by atoms with E-state index in [-0.39, 0.29) is 4.90 Å². The molecule has 2 nitrogen and oxygen atoms in total. The van der Waals surface area contributed by atoms with Gasteiger partial charge >= 0.3 is 10.2 Å². The summed E-state index contributed by atoms with van der Waals surface area (Å²) < 4.78 is 33.3. The fraction of sp³-hybridized carbons (Fsp3) is 0.333. The Kier molecular flexibility index (Phi) is 2.71. The third-order valence-corrected chi connectivity index (χ3v) is 2.66. The average molecular weight is 202 g/mol. The van der Waals surface area contributed by atoms with E-state index in [0.717, 1.165) is 5.56 Å². The van der Waals surface area contributed by atoms with Crippen molar-refractivity contribution >= 4 is 10.2 Å². The number of rotatable bonds is 2. The molecule has 0 fully saturated rings. The van der Waals surface area contributed by atoms with E-state index in [1.54, 1.807) is 12.1 Å². The first-order valence-corrected chi connectivity index (χ1v) is 5.34. The van der Waals surface area contributed by atoms with Crippen LogP contribution in [0.3, 0.4) is 0 Å². The Balaban J connectivity index is 3.08. The molecule has 0 aromatic heterocycles. The lowest BCUT2D eigenvalue weighted by Crippen LogP contribution is -1.93. The zero-order chi connectivity index (χ0) is 10.1. The highest BCUT2D eigenvalue weighted by Gasteiger charge is 2.11. The van der Waals surface area contributed by atoms with Crippen molar-refractivity contribution in [3.05, 3.63) is 29.8 Å². The van der Waals surface area contributed by atoms with Gasteiger partial charge in [0.25, 0.3) is 0 Å². The van der Waals surface area contributed by atoms with Crippen LogP contribution in [0.25, 0.3) is 0 Å². The fourth-order valence-electron chi connectivity index (χ4n) is 1.02. The highest BCUT2D eigenvalue weighted by molar-refractivity contribution is 7.86. The van der Waals surface area contributed by atoms with Crippen LogP contribution in [0.2, 0.25) is 0 Å². The Morgan fingerprint density at radius 2 is 1.62 bits per heavy atom. The molecule has 0 amide bonds. The van der Waals surface area contributed by atoms with Crippen LogP contribution in [0.1, 0.15) is 25.3 Å². The summed E-state index contributed by atoms with van der Waals surface area (Å²) in [6.07, 6.45) is 0. The van der Waals surface area contributed by atoms with Crippen LogP contribution < -0.4 is 0 Å². The van der Waals surface area contributed by atoms with Gasteiger partial charge in [-0.2, -0.15) is 8.42 Å². The summed E-state index contributed by atoms with van der Waals surface area (Å²) in [5.41, 5.74) is 0.993. The van der Waals surface area contributed by atoms with E-state index in [1.807, 2.05) is 13.8 Å². The first kappa shape index (κ1) is 10.2. The van der Waals surface area contributed by atoms with Crippen molar-refractivity contribution in [2.24, 2.45) is 0 Å². The number of halogens is 1. The standard InChI is InChI=1S/C9H11FO2S/c1-7(2)8-3-5-9(6-4-8)13(10,11)12/h3-7H,1-2H3. The third-order valence-electron chi connectivity index (χ3n) is 1.83. The minimum absolute atomic E-state index is 0.281. The lowest BCUT2D eigenvalue weighted by molar-refractivity contribution is 0.552. The maximum absolute atomic E-state index is 12.4. The maximum atomic E-state index is 12.4. The van der Waals surface area contributed by atoms with Gasteiger partial charge in [0.15, 0.2) is 0 Å². The molecular weight excluding hydrogens is 191 g/mol. The Bertz CT molecular complexity index is 379. The Morgan fingerprint density at radius 3 is 1.92 bits per heavy atom. The number of hydrogen-bond acceptors (Lipinski definition) is 2. The summed E-state index contributed by atoms with van der Waals surface area (Å²) >= 11 is 0. The van der Waals surface area contributed by atoms with Crippen molar-refractivity contribution in [3.8, 4) is 0 Å². The van der Waals surface area contributed by atoms with Crippen LogP contribution in [-0.2, 0) is 10.2 Å². The van der Waals surface area contributed by atoms with E-state index < -0.39 is 10.2 Å². The molecule has 0 aliphatic carbocycles. The lowest BCUT2D eigenvalue weighted by atomic mass is 10.0. The van der Waals surface area contributed by atoms with Gasteiger partial charge in [-0.3, -0.25) is 0 Å². The highest BCUT2D eigenvalue weighted by Crippen LogP contribution is 2.18. The summed E-state index contributed by atoms with van der Waals surface area (Å²) in [5, 5.41) is 0. The summed E-state index contributed by atoms with van der Waals surface area (Å²) in [5.74, 6) is 0.316. The second-order valence-electron chi connectivity index (χ2n) is 3.16. The van der Waals surface area contributed by atoms with E-state index in [0.29, 0.717) is 5.92 Å². The molecule has 72 valence electrons. The molecule has 0 unspecified atom stereocenters. The van der Waals surface area contributed by atoms with Gasteiger partial charge in [0.05, 0.1) is 4.90 Å². The minimum atomic E-state index is -4.55. The van der Waals surface area contributed by atoms with Gasteiger partial charge in [-0.15, -0.1) is 3.89 Å². The number of hydrogen-bond donors (Lipinski definition) is 0. The molecule has 0 N–H and O–H groups in total. The van der Waals surface area contributed by atoms with Crippen molar-refractivity contribution < 1.29 is 12.3 Å². The van der Waals surface area contributed by atoms with Crippen LogP contribution in [0.15, 0.2) is 29.2 Å². The minimum Gasteiger partial charge on any atom is -0.189 e. The second-order valence-corrected chi connectivity index (χ2v) is 4.51. The van der Waals surface area contributed by atoms with E-state index in [9.17, 15) is 12.3 Å². The summed E-state index contributed by atoms with van der Waals surface area (Å²) in [7, 11) is -4.55. The third kappa shape index (κ3) is 2.52. The molecule has 0 aliphatic heterocycles. The van der Waals surface area contributed by atoms with Gasteiger partial charge < -0.3 is 0 Å². The lowest BCUT2D eigenvalue weighted by Gasteiger charge is -2.04. The molecule has 0 spiro atoms. The van der Waals surface area contributed by atoms with Crippen LogP contribution >= 0.6 is 0 Å². The quantitative estimate of drug-likeness (QED) is 0.690. The second kappa shape index (κ2) is 3.46. The molecule has 0 radical (unpaired) electrons. The van der Waals surface area contributed by atoms with Crippen LogP contribution in [0.5, 0.6) is 0 Å². The Hall–Kier alpha value is -0.900. The van der Waals surface area contributed by atoms with E-state index in [4.69, 9.17) is 0 Å². The first-order valence-electron chi connectivity index (χ1n) is 3.96. The zero-order valence-corrected chi connectivity index (χ0v) is 8.31. The van der Waals surface area contributed by atoms with Gasteiger partial charge in [0.2, 0.25) is 0 Å². The summed E-state index contributed by atoms with van der Waals surface area (Å²) in [6.45, 7) is 3.97. The van der Waals surface area contributed by atoms with Crippen molar-refractivity contribution in [2.75, 3.05) is 0 Å². The Morgan fingerprint density at radius 1 is 1.15 bits per heavy atom. The van der Waals surface area contributed by atoms with Crippen molar-refractivity contribution in [2.45, 2.75) is 24.7 Å². The zero-order valence-electron chi connectivity index (χ0n) is 7.49. The monoisotopic (exact) mass is 202 g/mol. The molecule has 0 heterocycles. The van der Waals surface area contributed by atoms with E-state index in [2.05, 4.69) is 0 Å². The van der Waals surface area contributed by atoms with Gasteiger partial charge in [-0.25, -0.2) is 0 Å². The molecule has 1 aromatic carbocycles. The molecule has 13 heavy (non-hydrogen) atoms. The highest BCUT2D eigenvalue weighted by atomic mass is 32.3. The maximum Gasteiger partial charge on any atom is 0.332 e. The van der Waals surface area contributed by atoms with Crippen LogP contribution in [-0.4, -0.2) is 8.42 Å². The SMILES string of the molecule is CC(C)c1ccc(S(=O)(=O)F)cc1. The molecule has 1 aromatic rings. The normalized spacial score (nSPS) is 12.0. The molecule has 0 bridgehead atoms. The van der Waals surface area contributed by atoms with Gasteiger partial charge in [-0.1, -0.05) is 26.0 Å². The van der Waals surface area contributed by atoms with Crippen molar-refractivity contribution in [3.63, 3.8) is 0 Å². The van der Waals surface area contributed by atoms with Crippen LogP contribution in [0.4, 0.5) is 3.89 Å². The first-order chi connectivity index (χ1) is 5.91. The predicted molar refractivity (Wildman–Crippen MR) is 48.8 cm³/mol. The van der Waals surface area contributed by atoms with Crippen molar-refractivity contribution in [1.82, 2.24) is 0 Å². The van der Waals surface area contributed by atoms with Crippen molar-refractivity contribution in [1.29, 1.82) is 0 Å². The topological polar surface area (TPSA) is 34.1 Å². The number of benzene rings is 1. The Labute approximate surface area is 77.6 Å². The largest absolute Gasteiger partial charge is 0.332 e. The molecule has 4 heteroatoms. The molecule has 0 saturated carbocycles. The smallest absolute Gasteiger partial charge is 0.189 e. The fourth-order valence-corrected chi connectivity index (χ4v) is 1.48. The molecule has 0 atom stereocenters. The average Bonchev–Trinajstić information content (AvgIpc) is 2.03. The van der Waals surface area contributed by atoms with Gasteiger partial charge in [0, 0.05) is 0 Å². The van der Waals surface area contributed by atoms with Crippen LogP contribution in [0, 0.1) is 0 Å². The molecular formula is C9H11FO2S. The molecule has 1 rings (SSSR count). The van der Waals surface area contributed by atoms with Gasteiger partial charge in [0.1, 0.15) is 0 Å². The van der Waals surface area contributed by atoms with E-state index >= 15 is 0 Å². The van der Waals surface area contributed by atoms with E-state index in [1.165, 1.54) is 12.1 Å². The predicted octanol–water partition coefficient (Wildman–Crippen LogP) is 2.47. The van der Waals surface area contributed by atoms with Gasteiger partial charge in [-0.05, 0) is 23.6 Å². The summed E-state index contributed by atoms with van der Waals surface area (Å²) in [6, 6.07) is 5.81. The summed E-state index contributed by atoms with van der Waals surface area (Å²) in [4.78, 5) is -0.281. The molecule has 0 saturated heterocycles. The molecule has 0 aliphatic rings.